The van der Waals surface area contributed by atoms with Crippen molar-refractivity contribution < 1.29 is 0 Å². The van der Waals surface area contributed by atoms with Gasteiger partial charge >= 0.3 is 0 Å². The standard InChI is InChI=1S/C9H12N4S/c10-6-7-8(11)12-14-9(7)13-4-2-1-3-5-13/h1-5H2,(H2,11,12). The topological polar surface area (TPSA) is 65.9 Å². The summed E-state index contributed by atoms with van der Waals surface area (Å²) < 4.78 is 4.02. The number of hydrogen-bond acceptors (Lipinski definition) is 5. The van der Waals surface area contributed by atoms with E-state index in [-0.39, 0.29) is 0 Å². The molecule has 2 rings (SSSR count). The quantitative estimate of drug-likeness (QED) is 0.761. The van der Waals surface area contributed by atoms with Crippen LogP contribution in [0.15, 0.2) is 0 Å². The van der Waals surface area contributed by atoms with Crippen LogP contribution in [0.3, 0.4) is 0 Å². The molecule has 1 fully saturated rings. The van der Waals surface area contributed by atoms with Crippen molar-refractivity contribution in [2.75, 3.05) is 23.7 Å². The smallest absolute Gasteiger partial charge is 0.157 e. The normalized spacial score (nSPS) is 16.6. The molecule has 2 N–H and O–H groups in total. The molecule has 0 radical (unpaired) electrons. The third-order valence-corrected chi connectivity index (χ3v) is 3.38. The lowest BCUT2D eigenvalue weighted by Crippen LogP contribution is -2.29. The Hall–Kier alpha value is -1.28. The Morgan fingerprint density at radius 1 is 1.36 bits per heavy atom. The molecule has 0 aromatic carbocycles. The lowest BCUT2D eigenvalue weighted by Gasteiger charge is -2.26. The summed E-state index contributed by atoms with van der Waals surface area (Å²) in [5, 5.41) is 9.88. The zero-order chi connectivity index (χ0) is 9.97. The van der Waals surface area contributed by atoms with Crippen LogP contribution in [0, 0.1) is 11.3 Å². The van der Waals surface area contributed by atoms with E-state index in [0.717, 1.165) is 18.1 Å². The number of rotatable bonds is 1. The van der Waals surface area contributed by atoms with Crippen molar-refractivity contribution in [1.29, 1.82) is 5.26 Å². The molecule has 0 saturated carbocycles. The van der Waals surface area contributed by atoms with E-state index in [1.165, 1.54) is 30.8 Å². The average Bonchev–Trinajstić information content (AvgIpc) is 2.61. The molecule has 1 aromatic rings. The molecule has 1 aromatic heterocycles. The first-order chi connectivity index (χ1) is 6.83. The fourth-order valence-corrected chi connectivity index (χ4v) is 2.53. The third kappa shape index (κ3) is 1.53. The predicted molar refractivity (Wildman–Crippen MR) is 57.3 cm³/mol. The number of hydrogen-bond donors (Lipinski definition) is 1. The summed E-state index contributed by atoms with van der Waals surface area (Å²) in [6.45, 7) is 2.05. The first-order valence-electron chi connectivity index (χ1n) is 4.73. The van der Waals surface area contributed by atoms with Gasteiger partial charge in [-0.15, -0.1) is 0 Å². The second-order valence-electron chi connectivity index (χ2n) is 3.41. The fraction of sp³-hybridized carbons (Fsp3) is 0.556. The highest BCUT2D eigenvalue weighted by Gasteiger charge is 2.19. The monoisotopic (exact) mass is 208 g/mol. The van der Waals surface area contributed by atoms with Crippen molar-refractivity contribution in [3.8, 4) is 6.07 Å². The van der Waals surface area contributed by atoms with E-state index in [9.17, 15) is 0 Å². The summed E-state index contributed by atoms with van der Waals surface area (Å²) in [6.07, 6.45) is 3.68. The maximum atomic E-state index is 8.93. The van der Waals surface area contributed by atoms with Crippen molar-refractivity contribution in [1.82, 2.24) is 4.37 Å². The van der Waals surface area contributed by atoms with Gasteiger partial charge in [-0.2, -0.15) is 9.64 Å². The van der Waals surface area contributed by atoms with Crippen molar-refractivity contribution in [2.45, 2.75) is 19.3 Å². The van der Waals surface area contributed by atoms with E-state index in [1.54, 1.807) is 0 Å². The molecule has 1 aliphatic heterocycles. The number of nitriles is 1. The molecule has 2 heterocycles. The molecule has 0 amide bonds. The molecule has 1 saturated heterocycles. The van der Waals surface area contributed by atoms with Gasteiger partial charge in [0.15, 0.2) is 5.82 Å². The van der Waals surface area contributed by atoms with E-state index in [4.69, 9.17) is 11.0 Å². The van der Waals surface area contributed by atoms with Crippen LogP contribution in [-0.4, -0.2) is 17.5 Å². The number of nitrogens with zero attached hydrogens (tertiary/aromatic N) is 3. The molecule has 0 bridgehead atoms. The number of nitrogens with two attached hydrogens (primary N) is 1. The van der Waals surface area contributed by atoms with Gasteiger partial charge in [0.25, 0.3) is 0 Å². The minimum atomic E-state index is 0.373. The lowest BCUT2D eigenvalue weighted by molar-refractivity contribution is 0.580. The minimum absolute atomic E-state index is 0.373. The highest BCUT2D eigenvalue weighted by atomic mass is 32.1. The second-order valence-corrected chi connectivity index (χ2v) is 4.16. The maximum Gasteiger partial charge on any atom is 0.157 e. The Kier molecular flexibility index (Phi) is 2.55. The Morgan fingerprint density at radius 3 is 2.71 bits per heavy atom. The summed E-state index contributed by atoms with van der Waals surface area (Å²) in [6, 6.07) is 2.12. The van der Waals surface area contributed by atoms with Gasteiger partial charge in [-0.3, -0.25) is 0 Å². The van der Waals surface area contributed by atoms with Crippen LogP contribution < -0.4 is 10.6 Å². The van der Waals surface area contributed by atoms with Gasteiger partial charge in [-0.25, -0.2) is 0 Å². The molecule has 74 valence electrons. The largest absolute Gasteiger partial charge is 0.382 e. The number of anilines is 2. The molecular weight excluding hydrogens is 196 g/mol. The molecule has 4 nitrogen and oxygen atoms in total. The van der Waals surface area contributed by atoms with Gasteiger partial charge in [-0.05, 0) is 30.8 Å². The van der Waals surface area contributed by atoms with Crippen LogP contribution in [0.2, 0.25) is 0 Å². The highest BCUT2D eigenvalue weighted by molar-refractivity contribution is 7.10. The second kappa shape index (κ2) is 3.84. The number of piperidine rings is 1. The Balaban J connectivity index is 2.26. The summed E-state index contributed by atoms with van der Waals surface area (Å²) in [5.41, 5.74) is 6.16. The van der Waals surface area contributed by atoms with Crippen molar-refractivity contribution in [3.05, 3.63) is 5.56 Å². The van der Waals surface area contributed by atoms with Gasteiger partial charge < -0.3 is 10.6 Å². The van der Waals surface area contributed by atoms with Gasteiger partial charge in [-0.1, -0.05) is 0 Å². The zero-order valence-electron chi connectivity index (χ0n) is 7.86. The van der Waals surface area contributed by atoms with Crippen molar-refractivity contribution in [2.24, 2.45) is 0 Å². The Bertz CT molecular complexity index is 359. The van der Waals surface area contributed by atoms with Gasteiger partial charge in [0.2, 0.25) is 0 Å². The minimum Gasteiger partial charge on any atom is -0.382 e. The SMILES string of the molecule is N#Cc1c(N)nsc1N1CCCCC1. The number of aromatic nitrogens is 1. The molecular formula is C9H12N4S. The Morgan fingerprint density at radius 2 is 2.07 bits per heavy atom. The molecule has 14 heavy (non-hydrogen) atoms. The van der Waals surface area contributed by atoms with Crippen LogP contribution in [-0.2, 0) is 0 Å². The molecule has 1 aliphatic rings. The summed E-state index contributed by atoms with van der Waals surface area (Å²) in [7, 11) is 0. The van der Waals surface area contributed by atoms with E-state index >= 15 is 0 Å². The van der Waals surface area contributed by atoms with E-state index < -0.39 is 0 Å². The van der Waals surface area contributed by atoms with E-state index in [2.05, 4.69) is 15.3 Å². The van der Waals surface area contributed by atoms with E-state index in [0.29, 0.717) is 11.4 Å². The summed E-state index contributed by atoms with van der Waals surface area (Å²) in [5.74, 6) is 0.373. The van der Waals surface area contributed by atoms with Crippen molar-refractivity contribution in [3.63, 3.8) is 0 Å². The molecule has 0 aliphatic carbocycles. The van der Waals surface area contributed by atoms with Gasteiger partial charge in [0.1, 0.15) is 16.6 Å². The summed E-state index contributed by atoms with van der Waals surface area (Å²) in [4.78, 5) is 2.22. The first kappa shape index (κ1) is 9.28. The van der Waals surface area contributed by atoms with Crippen LogP contribution in [0.1, 0.15) is 24.8 Å². The molecule has 0 atom stereocenters. The van der Waals surface area contributed by atoms with Crippen molar-refractivity contribution >= 4 is 22.4 Å². The van der Waals surface area contributed by atoms with Crippen LogP contribution in [0.5, 0.6) is 0 Å². The van der Waals surface area contributed by atoms with Crippen LogP contribution >= 0.6 is 11.5 Å². The molecule has 0 spiro atoms. The highest BCUT2D eigenvalue weighted by Crippen LogP contribution is 2.31. The molecule has 0 unspecified atom stereocenters. The number of nitrogen functional groups attached to an aromatic ring is 1. The van der Waals surface area contributed by atoms with Crippen LogP contribution in [0.25, 0.3) is 0 Å². The first-order valence-corrected chi connectivity index (χ1v) is 5.50. The lowest BCUT2D eigenvalue weighted by atomic mass is 10.1. The van der Waals surface area contributed by atoms with Crippen LogP contribution in [0.4, 0.5) is 10.8 Å². The maximum absolute atomic E-state index is 8.93. The van der Waals surface area contributed by atoms with E-state index in [1.807, 2.05) is 0 Å². The zero-order valence-corrected chi connectivity index (χ0v) is 8.68. The van der Waals surface area contributed by atoms with Gasteiger partial charge in [0.05, 0.1) is 0 Å². The third-order valence-electron chi connectivity index (χ3n) is 2.46. The average molecular weight is 208 g/mol. The Labute approximate surface area is 87.1 Å². The molecule has 5 heteroatoms. The summed E-state index contributed by atoms with van der Waals surface area (Å²) >= 11 is 1.34. The van der Waals surface area contributed by atoms with Gasteiger partial charge in [0, 0.05) is 13.1 Å². The predicted octanol–water partition coefficient (Wildman–Crippen LogP) is 1.59. The fourth-order valence-electron chi connectivity index (χ4n) is 1.71.